The highest BCUT2D eigenvalue weighted by atomic mass is 32.1. The van der Waals surface area contributed by atoms with Gasteiger partial charge < -0.3 is 5.11 Å². The van der Waals surface area contributed by atoms with Crippen molar-refractivity contribution < 1.29 is 5.11 Å². The molecule has 1 N–H and O–H groups in total. The van der Waals surface area contributed by atoms with E-state index in [-0.39, 0.29) is 5.41 Å². The molecule has 0 spiro atoms. The molecule has 2 heterocycles. The summed E-state index contributed by atoms with van der Waals surface area (Å²) in [4.78, 5) is 8.69. The Morgan fingerprint density at radius 1 is 1.26 bits per heavy atom. The Morgan fingerprint density at radius 2 is 2.00 bits per heavy atom. The highest BCUT2D eigenvalue weighted by molar-refractivity contribution is 7.09. The number of rotatable bonds is 3. The molecule has 4 heteroatoms. The lowest BCUT2D eigenvalue weighted by Gasteiger charge is -2.22. The van der Waals surface area contributed by atoms with E-state index in [1.165, 1.54) is 0 Å². The van der Waals surface area contributed by atoms with Crippen LogP contribution < -0.4 is 0 Å². The van der Waals surface area contributed by atoms with Gasteiger partial charge in [-0.3, -0.25) is 4.98 Å². The SMILES string of the molecule is CC(C)(C)c1csc(CC(C)(O)c2cccnc2)n1. The molecule has 1 unspecified atom stereocenters. The maximum atomic E-state index is 10.6. The topological polar surface area (TPSA) is 46.0 Å². The van der Waals surface area contributed by atoms with Crippen molar-refractivity contribution in [2.24, 2.45) is 0 Å². The van der Waals surface area contributed by atoms with Gasteiger partial charge in [0, 0.05) is 35.2 Å². The molecular formula is C15H20N2OS. The van der Waals surface area contributed by atoms with E-state index in [0.29, 0.717) is 6.42 Å². The zero-order valence-corrected chi connectivity index (χ0v) is 12.7. The maximum Gasteiger partial charge on any atom is 0.0960 e. The molecule has 0 amide bonds. The second-order valence-corrected chi connectivity index (χ2v) is 7.01. The summed E-state index contributed by atoms with van der Waals surface area (Å²) >= 11 is 1.61. The van der Waals surface area contributed by atoms with Crippen molar-refractivity contribution in [3.05, 3.63) is 46.2 Å². The Kier molecular flexibility index (Phi) is 3.74. The predicted octanol–water partition coefficient (Wildman–Crippen LogP) is 3.29. The number of thiazole rings is 1. The first kappa shape index (κ1) is 14.2. The number of hydrogen-bond donors (Lipinski definition) is 1. The smallest absolute Gasteiger partial charge is 0.0960 e. The van der Waals surface area contributed by atoms with Gasteiger partial charge in [-0.25, -0.2) is 4.98 Å². The second-order valence-electron chi connectivity index (χ2n) is 6.07. The number of aliphatic hydroxyl groups is 1. The van der Waals surface area contributed by atoms with Crippen LogP contribution in [0.4, 0.5) is 0 Å². The van der Waals surface area contributed by atoms with Gasteiger partial charge in [-0.05, 0) is 13.0 Å². The molecule has 1 atom stereocenters. The summed E-state index contributed by atoms with van der Waals surface area (Å²) in [5.41, 5.74) is 1.02. The van der Waals surface area contributed by atoms with Gasteiger partial charge in [-0.1, -0.05) is 26.8 Å². The van der Waals surface area contributed by atoms with Gasteiger partial charge in [0.25, 0.3) is 0 Å². The molecule has 3 nitrogen and oxygen atoms in total. The van der Waals surface area contributed by atoms with Crippen LogP contribution in [-0.4, -0.2) is 15.1 Å². The number of aromatic nitrogens is 2. The lowest BCUT2D eigenvalue weighted by atomic mass is 9.92. The largest absolute Gasteiger partial charge is 0.385 e. The van der Waals surface area contributed by atoms with Gasteiger partial charge in [-0.15, -0.1) is 11.3 Å². The van der Waals surface area contributed by atoms with Crippen LogP contribution in [0.1, 0.15) is 44.0 Å². The third-order valence-corrected chi connectivity index (χ3v) is 3.95. The van der Waals surface area contributed by atoms with Crippen molar-refractivity contribution in [3.8, 4) is 0 Å². The lowest BCUT2D eigenvalue weighted by Crippen LogP contribution is -2.24. The minimum absolute atomic E-state index is 0.0505. The van der Waals surface area contributed by atoms with Crippen molar-refractivity contribution in [1.29, 1.82) is 0 Å². The Bertz CT molecular complexity index is 541. The predicted molar refractivity (Wildman–Crippen MR) is 78.3 cm³/mol. The average molecular weight is 276 g/mol. The van der Waals surface area contributed by atoms with Crippen LogP contribution in [0, 0.1) is 0 Å². The highest BCUT2D eigenvalue weighted by Crippen LogP contribution is 2.29. The molecule has 0 bridgehead atoms. The van der Waals surface area contributed by atoms with Gasteiger partial charge in [0.2, 0.25) is 0 Å². The molecule has 0 aromatic carbocycles. The minimum atomic E-state index is -0.929. The molecule has 0 aliphatic heterocycles. The Morgan fingerprint density at radius 3 is 2.53 bits per heavy atom. The van der Waals surface area contributed by atoms with E-state index in [0.717, 1.165) is 16.3 Å². The van der Waals surface area contributed by atoms with E-state index < -0.39 is 5.60 Å². The van der Waals surface area contributed by atoms with Crippen molar-refractivity contribution in [3.63, 3.8) is 0 Å². The summed E-state index contributed by atoms with van der Waals surface area (Å²) in [5.74, 6) is 0. The molecule has 2 aromatic heterocycles. The number of nitrogens with zero attached hydrogens (tertiary/aromatic N) is 2. The lowest BCUT2D eigenvalue weighted by molar-refractivity contribution is 0.0571. The van der Waals surface area contributed by atoms with Crippen LogP contribution >= 0.6 is 11.3 Å². The van der Waals surface area contributed by atoms with Gasteiger partial charge >= 0.3 is 0 Å². The molecular weight excluding hydrogens is 256 g/mol. The number of pyridine rings is 1. The summed E-state index contributed by atoms with van der Waals surface area (Å²) < 4.78 is 0. The van der Waals surface area contributed by atoms with Crippen molar-refractivity contribution in [2.75, 3.05) is 0 Å². The van der Waals surface area contributed by atoms with Crippen molar-refractivity contribution in [1.82, 2.24) is 9.97 Å². The normalized spacial score (nSPS) is 15.2. The fourth-order valence-electron chi connectivity index (χ4n) is 1.81. The van der Waals surface area contributed by atoms with Crippen LogP contribution in [0.5, 0.6) is 0 Å². The molecule has 0 aliphatic rings. The number of hydrogen-bond acceptors (Lipinski definition) is 4. The zero-order valence-electron chi connectivity index (χ0n) is 11.8. The van der Waals surface area contributed by atoms with Crippen molar-refractivity contribution >= 4 is 11.3 Å². The van der Waals surface area contributed by atoms with E-state index in [4.69, 9.17) is 0 Å². The molecule has 0 saturated carbocycles. The summed E-state index contributed by atoms with van der Waals surface area (Å²) in [5, 5.41) is 13.6. The molecule has 19 heavy (non-hydrogen) atoms. The average Bonchev–Trinajstić information content (AvgIpc) is 2.78. The zero-order chi connectivity index (χ0) is 14.1. The van der Waals surface area contributed by atoms with Gasteiger partial charge in [0.05, 0.1) is 16.3 Å². The second kappa shape index (κ2) is 5.02. The summed E-state index contributed by atoms with van der Waals surface area (Å²) in [7, 11) is 0. The van der Waals surface area contributed by atoms with E-state index in [9.17, 15) is 5.11 Å². The molecule has 0 fully saturated rings. The van der Waals surface area contributed by atoms with Crippen LogP contribution in [0.15, 0.2) is 29.9 Å². The molecule has 102 valence electrons. The first-order valence-electron chi connectivity index (χ1n) is 6.37. The quantitative estimate of drug-likeness (QED) is 0.935. The van der Waals surface area contributed by atoms with Crippen molar-refractivity contribution in [2.45, 2.75) is 45.1 Å². The van der Waals surface area contributed by atoms with Crippen LogP contribution in [-0.2, 0) is 17.4 Å². The molecule has 0 saturated heterocycles. The minimum Gasteiger partial charge on any atom is -0.385 e. The standard InChI is InChI=1S/C15H20N2OS/c1-14(2,3)12-10-19-13(17-12)8-15(4,18)11-6-5-7-16-9-11/h5-7,9-10,18H,8H2,1-4H3. The van der Waals surface area contributed by atoms with Gasteiger partial charge in [-0.2, -0.15) is 0 Å². The summed E-state index contributed by atoms with van der Waals surface area (Å²) in [6.07, 6.45) is 3.93. The molecule has 2 aromatic rings. The Hall–Kier alpha value is -1.26. The first-order valence-corrected chi connectivity index (χ1v) is 7.25. The van der Waals surface area contributed by atoms with E-state index in [2.05, 4.69) is 36.1 Å². The molecule has 0 radical (unpaired) electrons. The highest BCUT2D eigenvalue weighted by Gasteiger charge is 2.26. The Balaban J connectivity index is 2.19. The molecule has 2 rings (SSSR count). The fraction of sp³-hybridized carbons (Fsp3) is 0.467. The van der Waals surface area contributed by atoms with Crippen LogP contribution in [0.25, 0.3) is 0 Å². The van der Waals surface area contributed by atoms with Crippen LogP contribution in [0.2, 0.25) is 0 Å². The summed E-state index contributed by atoms with van der Waals surface area (Å²) in [6.45, 7) is 8.24. The Labute approximate surface area is 118 Å². The van der Waals surface area contributed by atoms with Crippen LogP contribution in [0.3, 0.4) is 0 Å². The van der Waals surface area contributed by atoms with Gasteiger partial charge in [0.15, 0.2) is 0 Å². The van der Waals surface area contributed by atoms with E-state index in [1.807, 2.05) is 19.1 Å². The van der Waals surface area contributed by atoms with Gasteiger partial charge in [0.1, 0.15) is 0 Å². The third-order valence-electron chi connectivity index (χ3n) is 3.10. The fourth-order valence-corrected chi connectivity index (χ4v) is 2.98. The summed E-state index contributed by atoms with van der Waals surface area (Å²) in [6, 6.07) is 3.73. The first-order chi connectivity index (χ1) is 8.79. The van der Waals surface area contributed by atoms with E-state index >= 15 is 0 Å². The third kappa shape index (κ3) is 3.39. The monoisotopic (exact) mass is 276 g/mol. The maximum absolute atomic E-state index is 10.6. The van der Waals surface area contributed by atoms with E-state index in [1.54, 1.807) is 23.7 Å². The molecule has 0 aliphatic carbocycles.